The molecular formula is C19H25N5O. The number of likely N-dealkylation sites (N-methyl/N-ethyl adjacent to an activating group) is 1. The standard InChI is InChI=1S/C19H25N5O/c1-3-22-10-12-23(13-11-22)18(25)16-14-20-19(21-15-16)24(4-2)17-8-6-5-7-9-17/h5-9,14-15H,3-4,10-13H2,1-2H3. The molecular weight excluding hydrogens is 314 g/mol. The van der Waals surface area contributed by atoms with Gasteiger partial charge in [-0.15, -0.1) is 0 Å². The third-order valence-electron chi connectivity index (χ3n) is 4.62. The summed E-state index contributed by atoms with van der Waals surface area (Å²) in [5.74, 6) is 0.631. The smallest absolute Gasteiger partial charge is 0.257 e. The van der Waals surface area contributed by atoms with Crippen molar-refractivity contribution in [3.05, 3.63) is 48.3 Å². The fourth-order valence-electron chi connectivity index (χ4n) is 3.07. The Kier molecular flexibility index (Phi) is 5.60. The summed E-state index contributed by atoms with van der Waals surface area (Å²) in [4.78, 5) is 27.7. The van der Waals surface area contributed by atoms with Gasteiger partial charge >= 0.3 is 0 Å². The number of aromatic nitrogens is 2. The molecule has 25 heavy (non-hydrogen) atoms. The molecule has 1 aromatic carbocycles. The van der Waals surface area contributed by atoms with Crippen LogP contribution in [0.2, 0.25) is 0 Å². The number of hydrogen-bond donors (Lipinski definition) is 0. The first-order valence-electron chi connectivity index (χ1n) is 8.89. The first kappa shape index (κ1) is 17.4. The molecule has 0 spiro atoms. The highest BCUT2D eigenvalue weighted by Gasteiger charge is 2.22. The molecule has 1 aliphatic heterocycles. The highest BCUT2D eigenvalue weighted by molar-refractivity contribution is 5.93. The van der Waals surface area contributed by atoms with E-state index in [2.05, 4.69) is 28.7 Å². The molecule has 0 bridgehead atoms. The van der Waals surface area contributed by atoms with Crippen molar-refractivity contribution in [2.75, 3.05) is 44.2 Å². The van der Waals surface area contributed by atoms with E-state index >= 15 is 0 Å². The van der Waals surface area contributed by atoms with Crippen molar-refractivity contribution in [3.8, 4) is 0 Å². The number of anilines is 2. The minimum absolute atomic E-state index is 0.0186. The van der Waals surface area contributed by atoms with Gasteiger partial charge in [-0.2, -0.15) is 0 Å². The van der Waals surface area contributed by atoms with E-state index in [1.807, 2.05) is 40.1 Å². The summed E-state index contributed by atoms with van der Waals surface area (Å²) in [7, 11) is 0. The van der Waals surface area contributed by atoms with E-state index in [-0.39, 0.29) is 5.91 Å². The number of hydrogen-bond acceptors (Lipinski definition) is 5. The molecule has 0 saturated carbocycles. The number of rotatable bonds is 5. The first-order chi connectivity index (χ1) is 12.2. The van der Waals surface area contributed by atoms with Crippen molar-refractivity contribution < 1.29 is 4.79 Å². The lowest BCUT2D eigenvalue weighted by atomic mass is 10.2. The Balaban J connectivity index is 1.70. The second-order valence-electron chi connectivity index (χ2n) is 6.08. The third kappa shape index (κ3) is 3.96. The van der Waals surface area contributed by atoms with Crippen LogP contribution in [0.25, 0.3) is 0 Å². The predicted octanol–water partition coefficient (Wildman–Crippen LogP) is 2.41. The molecule has 2 aromatic rings. The molecule has 0 radical (unpaired) electrons. The van der Waals surface area contributed by atoms with Gasteiger partial charge in [-0.1, -0.05) is 25.1 Å². The predicted molar refractivity (Wildman–Crippen MR) is 99.2 cm³/mol. The summed E-state index contributed by atoms with van der Waals surface area (Å²) in [6, 6.07) is 10.0. The molecule has 1 saturated heterocycles. The zero-order valence-corrected chi connectivity index (χ0v) is 14.9. The lowest BCUT2D eigenvalue weighted by Gasteiger charge is -2.34. The van der Waals surface area contributed by atoms with E-state index in [4.69, 9.17) is 0 Å². The lowest BCUT2D eigenvalue weighted by Crippen LogP contribution is -2.48. The molecule has 6 nitrogen and oxygen atoms in total. The molecule has 0 aliphatic carbocycles. The zero-order chi connectivity index (χ0) is 17.6. The van der Waals surface area contributed by atoms with Crippen molar-refractivity contribution in [2.24, 2.45) is 0 Å². The highest BCUT2D eigenvalue weighted by Crippen LogP contribution is 2.21. The number of amides is 1. The van der Waals surface area contributed by atoms with Crippen molar-refractivity contribution in [2.45, 2.75) is 13.8 Å². The maximum Gasteiger partial charge on any atom is 0.257 e. The van der Waals surface area contributed by atoms with Crippen LogP contribution in [0, 0.1) is 0 Å². The maximum absolute atomic E-state index is 12.6. The zero-order valence-electron chi connectivity index (χ0n) is 14.9. The van der Waals surface area contributed by atoms with Crippen LogP contribution < -0.4 is 4.90 Å². The van der Waals surface area contributed by atoms with Crippen LogP contribution >= 0.6 is 0 Å². The average molecular weight is 339 g/mol. The molecule has 1 aromatic heterocycles. The Morgan fingerprint density at radius 2 is 1.68 bits per heavy atom. The molecule has 132 valence electrons. The SMILES string of the molecule is CCN1CCN(C(=O)c2cnc(N(CC)c3ccccc3)nc2)CC1. The van der Waals surface area contributed by atoms with Crippen molar-refractivity contribution >= 4 is 17.5 Å². The summed E-state index contributed by atoms with van der Waals surface area (Å²) in [5, 5.41) is 0. The molecule has 0 N–H and O–H groups in total. The van der Waals surface area contributed by atoms with Crippen LogP contribution in [-0.2, 0) is 0 Å². The van der Waals surface area contributed by atoms with Crippen molar-refractivity contribution in [3.63, 3.8) is 0 Å². The van der Waals surface area contributed by atoms with Crippen molar-refractivity contribution in [1.29, 1.82) is 0 Å². The summed E-state index contributed by atoms with van der Waals surface area (Å²) in [6.07, 6.45) is 3.28. The van der Waals surface area contributed by atoms with Gasteiger partial charge in [-0.3, -0.25) is 4.79 Å². The van der Waals surface area contributed by atoms with Gasteiger partial charge in [-0.25, -0.2) is 9.97 Å². The van der Waals surface area contributed by atoms with Gasteiger partial charge in [0.2, 0.25) is 5.95 Å². The highest BCUT2D eigenvalue weighted by atomic mass is 16.2. The fourth-order valence-corrected chi connectivity index (χ4v) is 3.07. The van der Waals surface area contributed by atoms with Gasteiger partial charge in [0, 0.05) is 50.8 Å². The van der Waals surface area contributed by atoms with Gasteiger partial charge in [0.05, 0.1) is 5.56 Å². The number of para-hydroxylation sites is 1. The van der Waals surface area contributed by atoms with Crippen molar-refractivity contribution in [1.82, 2.24) is 19.8 Å². The third-order valence-corrected chi connectivity index (χ3v) is 4.62. The van der Waals surface area contributed by atoms with Gasteiger partial charge in [-0.05, 0) is 25.6 Å². The van der Waals surface area contributed by atoms with Crippen LogP contribution in [0.4, 0.5) is 11.6 Å². The van der Waals surface area contributed by atoms with Gasteiger partial charge in [0.25, 0.3) is 5.91 Å². The fraction of sp³-hybridized carbons (Fsp3) is 0.421. The Morgan fingerprint density at radius 3 is 2.24 bits per heavy atom. The molecule has 0 atom stereocenters. The Labute approximate surface area is 149 Å². The number of carbonyl (C=O) groups is 1. The number of carbonyl (C=O) groups excluding carboxylic acids is 1. The number of piperazine rings is 1. The lowest BCUT2D eigenvalue weighted by molar-refractivity contribution is 0.0642. The normalized spacial score (nSPS) is 15.2. The van der Waals surface area contributed by atoms with Crippen LogP contribution in [-0.4, -0.2) is 64.9 Å². The molecule has 6 heteroatoms. The summed E-state index contributed by atoms with van der Waals surface area (Å²) in [6.45, 7) is 9.39. The molecule has 1 fully saturated rings. The second-order valence-corrected chi connectivity index (χ2v) is 6.08. The van der Waals surface area contributed by atoms with E-state index in [9.17, 15) is 4.79 Å². The van der Waals surface area contributed by atoms with E-state index in [0.717, 1.165) is 45.0 Å². The quantitative estimate of drug-likeness (QED) is 0.837. The largest absolute Gasteiger partial charge is 0.336 e. The Bertz CT molecular complexity index is 681. The molecule has 0 unspecified atom stereocenters. The first-order valence-corrected chi connectivity index (χ1v) is 8.89. The van der Waals surface area contributed by atoms with Gasteiger partial charge in [0.15, 0.2) is 0 Å². The monoisotopic (exact) mass is 339 g/mol. The van der Waals surface area contributed by atoms with E-state index in [1.165, 1.54) is 0 Å². The van der Waals surface area contributed by atoms with E-state index < -0.39 is 0 Å². The molecule has 1 amide bonds. The maximum atomic E-state index is 12.6. The van der Waals surface area contributed by atoms with Gasteiger partial charge in [0.1, 0.15) is 0 Å². The molecule has 1 aliphatic rings. The molecule has 2 heterocycles. The number of nitrogens with zero attached hydrogens (tertiary/aromatic N) is 5. The number of benzene rings is 1. The van der Waals surface area contributed by atoms with Gasteiger partial charge < -0.3 is 14.7 Å². The summed E-state index contributed by atoms with van der Waals surface area (Å²) < 4.78 is 0. The minimum Gasteiger partial charge on any atom is -0.336 e. The topological polar surface area (TPSA) is 52.6 Å². The molecule has 3 rings (SSSR count). The van der Waals surface area contributed by atoms with Crippen LogP contribution in [0.5, 0.6) is 0 Å². The minimum atomic E-state index is 0.0186. The van der Waals surface area contributed by atoms with Crippen LogP contribution in [0.1, 0.15) is 24.2 Å². The van der Waals surface area contributed by atoms with E-state index in [0.29, 0.717) is 11.5 Å². The summed E-state index contributed by atoms with van der Waals surface area (Å²) >= 11 is 0. The summed E-state index contributed by atoms with van der Waals surface area (Å²) in [5.41, 5.74) is 1.59. The second kappa shape index (κ2) is 8.07. The Morgan fingerprint density at radius 1 is 1.04 bits per heavy atom. The Hall–Kier alpha value is -2.47. The van der Waals surface area contributed by atoms with E-state index in [1.54, 1.807) is 12.4 Å². The van der Waals surface area contributed by atoms with Crippen LogP contribution in [0.15, 0.2) is 42.7 Å². The average Bonchev–Trinajstić information content (AvgIpc) is 2.69. The van der Waals surface area contributed by atoms with Crippen LogP contribution in [0.3, 0.4) is 0 Å².